The Labute approximate surface area is 128 Å². The van der Waals surface area contributed by atoms with Gasteiger partial charge in [-0.1, -0.05) is 12.1 Å². The van der Waals surface area contributed by atoms with Crippen molar-refractivity contribution in [1.82, 2.24) is 9.78 Å². The lowest BCUT2D eigenvalue weighted by atomic mass is 10.3. The molecule has 0 saturated heterocycles. The van der Waals surface area contributed by atoms with Gasteiger partial charge >= 0.3 is 0 Å². The maximum Gasteiger partial charge on any atom is 0.268 e. The second-order valence-corrected chi connectivity index (χ2v) is 5.16. The summed E-state index contributed by atoms with van der Waals surface area (Å²) in [4.78, 5) is 23.6. The minimum Gasteiger partial charge on any atom is -0.495 e. The number of nitrogens with zero attached hydrogens (tertiary/aromatic N) is 2. The number of benzene rings is 1. The Morgan fingerprint density at radius 2 is 2.20 bits per heavy atom. The number of nitrogens with one attached hydrogen (secondary N) is 1. The van der Waals surface area contributed by atoms with E-state index in [2.05, 4.69) is 10.4 Å². The van der Waals surface area contributed by atoms with Gasteiger partial charge in [-0.15, -0.1) is 0 Å². The molecule has 1 aromatic heterocycles. The number of ether oxygens (including phenoxy) is 1. The van der Waals surface area contributed by atoms with Gasteiger partial charge < -0.3 is 10.1 Å². The van der Waals surface area contributed by atoms with Gasteiger partial charge in [0.2, 0.25) is 5.91 Å². The molecule has 2 rings (SSSR count). The van der Waals surface area contributed by atoms with E-state index in [1.165, 1.54) is 19.4 Å². The van der Waals surface area contributed by atoms with Crippen LogP contribution in [-0.2, 0) is 11.3 Å². The first-order chi connectivity index (χ1) is 9.60. The van der Waals surface area contributed by atoms with Gasteiger partial charge in [0.15, 0.2) is 0 Å². The lowest BCUT2D eigenvalue weighted by Crippen LogP contribution is -2.29. The van der Waals surface area contributed by atoms with Crippen LogP contribution in [0.3, 0.4) is 0 Å². The van der Waals surface area contributed by atoms with E-state index in [-0.39, 0.29) is 18.0 Å². The normalized spacial score (nSPS) is 10.1. The molecule has 0 aliphatic rings. The van der Waals surface area contributed by atoms with Crippen LogP contribution in [0.2, 0.25) is 0 Å². The van der Waals surface area contributed by atoms with Crippen molar-refractivity contribution in [2.45, 2.75) is 6.54 Å². The van der Waals surface area contributed by atoms with E-state index in [9.17, 15) is 9.59 Å². The molecule has 0 atom stereocenters. The lowest BCUT2D eigenvalue weighted by Gasteiger charge is -2.10. The Kier molecular flexibility index (Phi) is 4.72. The Hall–Kier alpha value is -1.90. The summed E-state index contributed by atoms with van der Waals surface area (Å²) in [6.45, 7) is -0.145. The monoisotopic (exact) mass is 385 g/mol. The molecule has 6 nitrogen and oxygen atoms in total. The summed E-state index contributed by atoms with van der Waals surface area (Å²) in [7, 11) is 1.52. The lowest BCUT2D eigenvalue weighted by molar-refractivity contribution is -0.117. The maximum atomic E-state index is 11.9. The Morgan fingerprint density at radius 3 is 2.90 bits per heavy atom. The smallest absolute Gasteiger partial charge is 0.268 e. The van der Waals surface area contributed by atoms with E-state index >= 15 is 0 Å². The van der Waals surface area contributed by atoms with Crippen LogP contribution in [0, 0.1) is 3.57 Å². The SMILES string of the molecule is COc1ccccc1NC(=O)Cn1ncc(I)cc1=O. The number of para-hydroxylation sites is 2. The molecule has 20 heavy (non-hydrogen) atoms. The number of carbonyl (C=O) groups excluding carboxylic acids is 1. The highest BCUT2D eigenvalue weighted by molar-refractivity contribution is 14.1. The summed E-state index contributed by atoms with van der Waals surface area (Å²) >= 11 is 1.99. The molecule has 0 radical (unpaired) electrons. The topological polar surface area (TPSA) is 73.2 Å². The number of halogens is 1. The van der Waals surface area contributed by atoms with Crippen LogP contribution < -0.4 is 15.6 Å². The van der Waals surface area contributed by atoms with Crippen molar-refractivity contribution < 1.29 is 9.53 Å². The predicted molar refractivity (Wildman–Crippen MR) is 82.8 cm³/mol. The molecule has 0 saturated carbocycles. The van der Waals surface area contributed by atoms with Crippen molar-refractivity contribution in [3.05, 3.63) is 50.5 Å². The fraction of sp³-hybridized carbons (Fsp3) is 0.154. The average Bonchev–Trinajstić information content (AvgIpc) is 2.42. The molecule has 0 fully saturated rings. The van der Waals surface area contributed by atoms with E-state index in [1.54, 1.807) is 24.3 Å². The predicted octanol–water partition coefficient (Wildman–Crippen LogP) is 1.50. The van der Waals surface area contributed by atoms with E-state index < -0.39 is 0 Å². The number of rotatable bonds is 4. The molecule has 0 spiro atoms. The van der Waals surface area contributed by atoms with Crippen LogP contribution in [0.5, 0.6) is 5.75 Å². The van der Waals surface area contributed by atoms with Crippen LogP contribution in [-0.4, -0.2) is 22.8 Å². The van der Waals surface area contributed by atoms with Crippen LogP contribution in [0.1, 0.15) is 0 Å². The van der Waals surface area contributed by atoms with Crippen molar-refractivity contribution in [1.29, 1.82) is 0 Å². The van der Waals surface area contributed by atoms with Gasteiger partial charge in [0, 0.05) is 9.64 Å². The molecule has 1 aromatic carbocycles. The second-order valence-electron chi connectivity index (χ2n) is 3.92. The summed E-state index contributed by atoms with van der Waals surface area (Å²) in [6.07, 6.45) is 1.53. The average molecular weight is 385 g/mol. The minimum atomic E-state index is -0.342. The van der Waals surface area contributed by atoms with Crippen LogP contribution >= 0.6 is 22.6 Å². The first-order valence-corrected chi connectivity index (χ1v) is 6.83. The summed E-state index contributed by atoms with van der Waals surface area (Å²) in [5, 5.41) is 6.59. The van der Waals surface area contributed by atoms with Crippen LogP contribution in [0.4, 0.5) is 5.69 Å². The van der Waals surface area contributed by atoms with Gasteiger partial charge in [-0.25, -0.2) is 4.68 Å². The number of methoxy groups -OCH3 is 1. The van der Waals surface area contributed by atoms with Gasteiger partial charge in [-0.05, 0) is 34.7 Å². The van der Waals surface area contributed by atoms with Gasteiger partial charge in [0.25, 0.3) is 5.56 Å². The molecule has 7 heteroatoms. The van der Waals surface area contributed by atoms with Crippen molar-refractivity contribution in [3.63, 3.8) is 0 Å². The molecular formula is C13H12IN3O3. The molecule has 104 valence electrons. The number of anilines is 1. The molecule has 0 bridgehead atoms. The number of carbonyl (C=O) groups is 1. The Balaban J connectivity index is 2.11. The van der Waals surface area contributed by atoms with E-state index in [4.69, 9.17) is 4.74 Å². The molecule has 2 aromatic rings. The zero-order valence-corrected chi connectivity index (χ0v) is 12.8. The minimum absolute atomic E-state index is 0.145. The first kappa shape index (κ1) is 14.5. The van der Waals surface area contributed by atoms with Crippen molar-refractivity contribution >= 4 is 34.2 Å². The molecule has 0 aliphatic heterocycles. The maximum absolute atomic E-state index is 11.9. The number of aromatic nitrogens is 2. The summed E-state index contributed by atoms with van der Waals surface area (Å²) in [5.74, 6) is 0.217. The summed E-state index contributed by atoms with van der Waals surface area (Å²) < 4.78 is 6.97. The summed E-state index contributed by atoms with van der Waals surface area (Å²) in [5.41, 5.74) is 0.241. The van der Waals surface area contributed by atoms with E-state index in [0.717, 1.165) is 8.25 Å². The zero-order valence-electron chi connectivity index (χ0n) is 10.7. The van der Waals surface area contributed by atoms with Gasteiger partial charge in [0.1, 0.15) is 12.3 Å². The van der Waals surface area contributed by atoms with Gasteiger partial charge in [0.05, 0.1) is 19.0 Å². The molecule has 0 aliphatic carbocycles. The Morgan fingerprint density at radius 1 is 1.45 bits per heavy atom. The summed E-state index contributed by atoms with van der Waals surface area (Å²) in [6, 6.07) is 8.48. The number of hydrogen-bond donors (Lipinski definition) is 1. The quantitative estimate of drug-likeness (QED) is 0.810. The van der Waals surface area contributed by atoms with Gasteiger partial charge in [-0.2, -0.15) is 5.10 Å². The van der Waals surface area contributed by atoms with Crippen molar-refractivity contribution in [2.75, 3.05) is 12.4 Å². The van der Waals surface area contributed by atoms with Crippen LogP contribution in [0.15, 0.2) is 41.3 Å². The molecule has 1 amide bonds. The van der Waals surface area contributed by atoms with E-state index in [1.807, 2.05) is 22.6 Å². The third-order valence-corrected chi connectivity index (χ3v) is 3.10. The van der Waals surface area contributed by atoms with Gasteiger partial charge in [-0.3, -0.25) is 9.59 Å². The third kappa shape index (κ3) is 3.56. The number of amides is 1. The highest BCUT2D eigenvalue weighted by atomic mass is 127. The fourth-order valence-electron chi connectivity index (χ4n) is 1.60. The number of hydrogen-bond acceptors (Lipinski definition) is 4. The molecule has 1 N–H and O–H groups in total. The second kappa shape index (κ2) is 6.51. The largest absolute Gasteiger partial charge is 0.495 e. The fourth-order valence-corrected chi connectivity index (χ4v) is 1.99. The third-order valence-electron chi connectivity index (χ3n) is 2.51. The highest BCUT2D eigenvalue weighted by Gasteiger charge is 2.09. The molecular weight excluding hydrogens is 373 g/mol. The first-order valence-electron chi connectivity index (χ1n) is 5.75. The van der Waals surface area contributed by atoms with Crippen LogP contribution in [0.25, 0.3) is 0 Å². The molecule has 1 heterocycles. The van der Waals surface area contributed by atoms with Crippen molar-refractivity contribution in [3.8, 4) is 5.75 Å². The van der Waals surface area contributed by atoms with E-state index in [0.29, 0.717) is 11.4 Å². The standard InChI is InChI=1S/C13H12IN3O3/c1-20-11-5-3-2-4-10(11)16-12(18)8-17-13(19)6-9(14)7-15-17/h2-7H,8H2,1H3,(H,16,18). The van der Waals surface area contributed by atoms with Crippen molar-refractivity contribution in [2.24, 2.45) is 0 Å². The Bertz CT molecular complexity index is 685. The highest BCUT2D eigenvalue weighted by Crippen LogP contribution is 2.22. The molecule has 0 unspecified atom stereocenters. The zero-order chi connectivity index (χ0) is 14.5.